The van der Waals surface area contributed by atoms with E-state index < -0.39 is 5.91 Å². The van der Waals surface area contributed by atoms with Crippen molar-refractivity contribution >= 4 is 23.2 Å². The molecular formula is C17H18ClN3O. The molecule has 0 aromatic heterocycles. The number of nitrogens with two attached hydrogens (primary N) is 1. The molecule has 0 bridgehead atoms. The first kappa shape index (κ1) is 14.9. The molecule has 1 heterocycles. The fraction of sp³-hybridized carbons (Fsp3) is 0.235. The molecule has 1 unspecified atom stereocenters. The van der Waals surface area contributed by atoms with E-state index in [9.17, 15) is 4.79 Å². The molecule has 0 radical (unpaired) electrons. The van der Waals surface area contributed by atoms with E-state index in [-0.39, 0.29) is 6.04 Å². The molecule has 0 spiro atoms. The van der Waals surface area contributed by atoms with Gasteiger partial charge in [-0.3, -0.25) is 4.79 Å². The highest BCUT2D eigenvalue weighted by atomic mass is 35.5. The zero-order valence-electron chi connectivity index (χ0n) is 12.1. The van der Waals surface area contributed by atoms with E-state index >= 15 is 0 Å². The number of benzene rings is 2. The number of carbonyl (C=O) groups excluding carboxylic acids is 1. The van der Waals surface area contributed by atoms with Crippen LogP contribution < -0.4 is 16.0 Å². The standard InChI is InChI=1S/C17H18ClN3O/c18-14-10-13(17(19)22)6-7-15(14)21-9-8-20-11-16(21)12-4-2-1-3-5-12/h1-7,10,16,20H,8-9,11H2,(H2,19,22). The molecule has 1 atom stereocenters. The number of anilines is 1. The summed E-state index contributed by atoms with van der Waals surface area (Å²) in [5.41, 5.74) is 7.91. The van der Waals surface area contributed by atoms with Crippen LogP contribution in [0.2, 0.25) is 5.02 Å². The van der Waals surface area contributed by atoms with E-state index in [0.717, 1.165) is 25.3 Å². The molecule has 22 heavy (non-hydrogen) atoms. The summed E-state index contributed by atoms with van der Waals surface area (Å²) >= 11 is 6.39. The fourth-order valence-electron chi connectivity index (χ4n) is 2.86. The summed E-state index contributed by atoms with van der Waals surface area (Å²) in [5, 5.41) is 3.98. The van der Waals surface area contributed by atoms with Gasteiger partial charge in [-0.25, -0.2) is 0 Å². The lowest BCUT2D eigenvalue weighted by atomic mass is 10.0. The molecule has 5 heteroatoms. The number of hydrogen-bond acceptors (Lipinski definition) is 3. The van der Waals surface area contributed by atoms with Crippen LogP contribution in [0.15, 0.2) is 48.5 Å². The molecule has 3 rings (SSSR count). The van der Waals surface area contributed by atoms with Gasteiger partial charge < -0.3 is 16.0 Å². The van der Waals surface area contributed by atoms with E-state index in [0.29, 0.717) is 10.6 Å². The summed E-state index contributed by atoms with van der Waals surface area (Å²) in [6.07, 6.45) is 0. The Labute approximate surface area is 134 Å². The van der Waals surface area contributed by atoms with Crippen LogP contribution >= 0.6 is 11.6 Å². The zero-order chi connectivity index (χ0) is 15.5. The number of nitrogens with zero attached hydrogens (tertiary/aromatic N) is 1. The Hall–Kier alpha value is -2.04. The van der Waals surface area contributed by atoms with Crippen molar-refractivity contribution in [2.75, 3.05) is 24.5 Å². The summed E-state index contributed by atoms with van der Waals surface area (Å²) in [5.74, 6) is -0.464. The Balaban J connectivity index is 1.96. The maximum Gasteiger partial charge on any atom is 0.248 e. The quantitative estimate of drug-likeness (QED) is 0.915. The second kappa shape index (κ2) is 6.38. The maximum atomic E-state index is 11.3. The van der Waals surface area contributed by atoms with Gasteiger partial charge in [-0.1, -0.05) is 41.9 Å². The number of piperazine rings is 1. The lowest BCUT2D eigenvalue weighted by Crippen LogP contribution is -2.46. The second-order valence-corrected chi connectivity index (χ2v) is 5.76. The highest BCUT2D eigenvalue weighted by Crippen LogP contribution is 2.34. The Bertz CT molecular complexity index is 675. The first-order chi connectivity index (χ1) is 10.7. The monoisotopic (exact) mass is 315 g/mol. The Morgan fingerprint density at radius 2 is 2.00 bits per heavy atom. The van der Waals surface area contributed by atoms with Crippen LogP contribution in [0.5, 0.6) is 0 Å². The van der Waals surface area contributed by atoms with Crippen molar-refractivity contribution in [1.82, 2.24) is 5.32 Å². The molecule has 1 aliphatic rings. The summed E-state index contributed by atoms with van der Waals surface area (Å²) in [4.78, 5) is 13.5. The van der Waals surface area contributed by atoms with Crippen LogP contribution in [-0.4, -0.2) is 25.5 Å². The van der Waals surface area contributed by atoms with Crippen LogP contribution in [0.25, 0.3) is 0 Å². The average molecular weight is 316 g/mol. The van der Waals surface area contributed by atoms with Gasteiger partial charge in [0.05, 0.1) is 16.8 Å². The topological polar surface area (TPSA) is 58.4 Å². The normalized spacial score (nSPS) is 18.2. The SMILES string of the molecule is NC(=O)c1ccc(N2CCNCC2c2ccccc2)c(Cl)c1. The highest BCUT2D eigenvalue weighted by Gasteiger charge is 2.25. The van der Waals surface area contributed by atoms with Crippen molar-refractivity contribution in [1.29, 1.82) is 0 Å². The summed E-state index contributed by atoms with van der Waals surface area (Å²) in [7, 11) is 0. The van der Waals surface area contributed by atoms with Crippen LogP contribution in [0, 0.1) is 0 Å². The van der Waals surface area contributed by atoms with Gasteiger partial charge in [-0.15, -0.1) is 0 Å². The third-order valence-electron chi connectivity index (χ3n) is 3.97. The van der Waals surface area contributed by atoms with Crippen molar-refractivity contribution in [2.24, 2.45) is 5.73 Å². The molecule has 3 N–H and O–H groups in total. The van der Waals surface area contributed by atoms with Gasteiger partial charge >= 0.3 is 0 Å². The van der Waals surface area contributed by atoms with Gasteiger partial charge in [0, 0.05) is 25.2 Å². The van der Waals surface area contributed by atoms with Crippen molar-refractivity contribution in [3.05, 3.63) is 64.7 Å². The summed E-state index contributed by atoms with van der Waals surface area (Å²) < 4.78 is 0. The Morgan fingerprint density at radius 1 is 1.23 bits per heavy atom. The second-order valence-electron chi connectivity index (χ2n) is 5.35. The van der Waals surface area contributed by atoms with Crippen LogP contribution in [0.4, 0.5) is 5.69 Å². The van der Waals surface area contributed by atoms with E-state index in [1.165, 1.54) is 5.56 Å². The fourth-order valence-corrected chi connectivity index (χ4v) is 3.15. The third-order valence-corrected chi connectivity index (χ3v) is 4.27. The number of primary amides is 1. The molecule has 0 saturated carbocycles. The lowest BCUT2D eigenvalue weighted by molar-refractivity contribution is 0.100. The molecule has 0 aliphatic carbocycles. The van der Waals surface area contributed by atoms with Gasteiger partial charge in [0.15, 0.2) is 0 Å². The minimum atomic E-state index is -0.464. The molecule has 1 fully saturated rings. The maximum absolute atomic E-state index is 11.3. The molecule has 1 amide bonds. The highest BCUT2D eigenvalue weighted by molar-refractivity contribution is 6.33. The van der Waals surface area contributed by atoms with E-state index in [1.54, 1.807) is 12.1 Å². The van der Waals surface area contributed by atoms with Crippen LogP contribution in [0.3, 0.4) is 0 Å². The van der Waals surface area contributed by atoms with Crippen LogP contribution in [0.1, 0.15) is 22.0 Å². The predicted molar refractivity (Wildman–Crippen MR) is 89.4 cm³/mol. The number of halogens is 1. The van der Waals surface area contributed by atoms with E-state index in [2.05, 4.69) is 22.3 Å². The molecule has 1 saturated heterocycles. The first-order valence-corrected chi connectivity index (χ1v) is 7.66. The zero-order valence-corrected chi connectivity index (χ0v) is 12.9. The molecule has 2 aromatic carbocycles. The van der Waals surface area contributed by atoms with E-state index in [1.807, 2.05) is 24.3 Å². The van der Waals surface area contributed by atoms with Crippen molar-refractivity contribution in [3.63, 3.8) is 0 Å². The molecule has 1 aliphatic heterocycles. The Kier molecular flexibility index (Phi) is 4.32. The molecule has 4 nitrogen and oxygen atoms in total. The van der Waals surface area contributed by atoms with Gasteiger partial charge in [-0.2, -0.15) is 0 Å². The van der Waals surface area contributed by atoms with Crippen LogP contribution in [-0.2, 0) is 0 Å². The predicted octanol–water partition coefficient (Wildman–Crippen LogP) is 2.59. The first-order valence-electron chi connectivity index (χ1n) is 7.28. The van der Waals surface area contributed by atoms with E-state index in [4.69, 9.17) is 17.3 Å². The number of hydrogen-bond donors (Lipinski definition) is 2. The summed E-state index contributed by atoms with van der Waals surface area (Å²) in [6.45, 7) is 2.62. The van der Waals surface area contributed by atoms with Crippen molar-refractivity contribution in [2.45, 2.75) is 6.04 Å². The summed E-state index contributed by atoms with van der Waals surface area (Å²) in [6, 6.07) is 15.8. The smallest absolute Gasteiger partial charge is 0.248 e. The minimum Gasteiger partial charge on any atom is -0.366 e. The largest absolute Gasteiger partial charge is 0.366 e. The lowest BCUT2D eigenvalue weighted by Gasteiger charge is -2.38. The van der Waals surface area contributed by atoms with Gasteiger partial charge in [0.1, 0.15) is 0 Å². The molecular weight excluding hydrogens is 298 g/mol. The van der Waals surface area contributed by atoms with Crippen molar-refractivity contribution in [3.8, 4) is 0 Å². The number of amides is 1. The Morgan fingerprint density at radius 3 is 2.68 bits per heavy atom. The van der Waals surface area contributed by atoms with Crippen molar-refractivity contribution < 1.29 is 4.79 Å². The number of nitrogens with one attached hydrogen (secondary N) is 1. The average Bonchev–Trinajstić information content (AvgIpc) is 2.55. The molecule has 2 aromatic rings. The number of rotatable bonds is 3. The number of carbonyl (C=O) groups is 1. The third kappa shape index (κ3) is 2.93. The molecule has 114 valence electrons. The van der Waals surface area contributed by atoms with Gasteiger partial charge in [-0.05, 0) is 23.8 Å². The van der Waals surface area contributed by atoms with Gasteiger partial charge in [0.25, 0.3) is 0 Å². The van der Waals surface area contributed by atoms with Gasteiger partial charge in [0.2, 0.25) is 5.91 Å². The minimum absolute atomic E-state index is 0.215.